The van der Waals surface area contributed by atoms with Crippen molar-refractivity contribution in [3.63, 3.8) is 0 Å². The Bertz CT molecular complexity index is 918. The third-order valence-corrected chi connectivity index (χ3v) is 4.73. The van der Waals surface area contributed by atoms with Gasteiger partial charge in [0.05, 0.1) is 11.1 Å². The lowest BCUT2D eigenvalue weighted by molar-refractivity contribution is 1.02. The maximum atomic E-state index is 4.25. The average Bonchev–Trinajstić information content (AvgIpc) is 3.03. The number of nitrogens with zero attached hydrogens (tertiary/aromatic N) is 1. The quantitative estimate of drug-likeness (QED) is 0.409. The molecule has 1 heterocycles. The summed E-state index contributed by atoms with van der Waals surface area (Å²) in [5.41, 5.74) is 8.13. The zero-order valence-corrected chi connectivity index (χ0v) is 11.2. The summed E-state index contributed by atoms with van der Waals surface area (Å²) in [6.45, 7) is 4.25. The van der Waals surface area contributed by atoms with Gasteiger partial charge in [0.1, 0.15) is 6.72 Å². The molecule has 0 N–H and O–H groups in total. The molecule has 0 aromatic heterocycles. The van der Waals surface area contributed by atoms with Crippen LogP contribution in [-0.2, 0) is 12.8 Å². The van der Waals surface area contributed by atoms with Crippen molar-refractivity contribution in [2.45, 2.75) is 12.8 Å². The van der Waals surface area contributed by atoms with E-state index >= 15 is 0 Å². The minimum Gasteiger partial charge on any atom is -0.166 e. The molecule has 1 aliphatic carbocycles. The van der Waals surface area contributed by atoms with E-state index in [4.69, 9.17) is 0 Å². The molecule has 0 saturated heterocycles. The predicted octanol–water partition coefficient (Wildman–Crippen LogP) is 4.45. The van der Waals surface area contributed by atoms with Gasteiger partial charge in [-0.15, -0.1) is 0 Å². The Balaban J connectivity index is 2.04. The van der Waals surface area contributed by atoms with Crippen LogP contribution >= 0.6 is 0 Å². The van der Waals surface area contributed by atoms with Crippen molar-refractivity contribution < 1.29 is 0 Å². The van der Waals surface area contributed by atoms with Crippen molar-refractivity contribution in [1.82, 2.24) is 4.58 Å². The number of hydrogen-bond donors (Lipinski definition) is 0. The van der Waals surface area contributed by atoms with Crippen LogP contribution in [0.15, 0.2) is 48.5 Å². The smallest absolute Gasteiger partial charge is 0.166 e. The molecule has 0 spiro atoms. The first-order chi connectivity index (χ1) is 9.84. The van der Waals surface area contributed by atoms with E-state index in [0.717, 1.165) is 6.42 Å². The Hall–Kier alpha value is -2.41. The molecule has 3 aromatic carbocycles. The van der Waals surface area contributed by atoms with Gasteiger partial charge in [0.2, 0.25) is 11.4 Å². The second-order valence-electron chi connectivity index (χ2n) is 5.71. The highest BCUT2D eigenvalue weighted by atomic mass is 15.0. The Labute approximate surface area is 117 Å². The number of aryl methyl sites for hydroxylation is 2. The van der Waals surface area contributed by atoms with Crippen LogP contribution in [0.2, 0.25) is 0 Å². The molecule has 20 heavy (non-hydrogen) atoms. The molecule has 0 bridgehead atoms. The molecule has 94 valence electrons. The molecular weight excluding hydrogens is 242 g/mol. The van der Waals surface area contributed by atoms with Crippen LogP contribution in [0.25, 0.3) is 21.9 Å². The highest BCUT2D eigenvalue weighted by Crippen LogP contribution is 2.50. The van der Waals surface area contributed by atoms with Gasteiger partial charge in [-0.1, -0.05) is 30.3 Å². The van der Waals surface area contributed by atoms with Gasteiger partial charge in [0.15, 0.2) is 0 Å². The maximum Gasteiger partial charge on any atom is 0.219 e. The minimum absolute atomic E-state index is 1.16. The van der Waals surface area contributed by atoms with E-state index in [2.05, 4.69) is 59.8 Å². The van der Waals surface area contributed by atoms with Crippen molar-refractivity contribution in [3.05, 3.63) is 59.7 Å². The maximum absolute atomic E-state index is 4.25. The van der Waals surface area contributed by atoms with E-state index < -0.39 is 0 Å². The molecule has 1 nitrogen and oxygen atoms in total. The molecule has 1 heteroatoms. The number of para-hydroxylation sites is 1. The van der Waals surface area contributed by atoms with Gasteiger partial charge < -0.3 is 0 Å². The highest BCUT2D eigenvalue weighted by Gasteiger charge is 2.33. The zero-order chi connectivity index (χ0) is 13.3. The summed E-state index contributed by atoms with van der Waals surface area (Å²) in [6, 6.07) is 17.7. The summed E-state index contributed by atoms with van der Waals surface area (Å²) >= 11 is 0. The van der Waals surface area contributed by atoms with Gasteiger partial charge in [-0.3, -0.25) is 0 Å². The topological polar surface area (TPSA) is 3.01 Å². The molecule has 2 aliphatic rings. The molecule has 0 saturated carbocycles. The number of rotatable bonds is 0. The minimum atomic E-state index is 1.16. The lowest BCUT2D eigenvalue weighted by Crippen LogP contribution is -1.95. The number of fused-ring (bicyclic) bond motifs is 4. The Morgan fingerprint density at radius 1 is 0.850 bits per heavy atom. The fourth-order valence-electron chi connectivity index (χ4n) is 3.86. The normalized spacial score (nSPS) is 14.7. The molecule has 1 aliphatic heterocycles. The van der Waals surface area contributed by atoms with Crippen molar-refractivity contribution >= 4 is 28.9 Å². The molecule has 0 amide bonds. The number of hydrogen-bond acceptors (Lipinski definition) is 0. The van der Waals surface area contributed by atoms with Crippen LogP contribution in [-0.4, -0.2) is 6.72 Å². The van der Waals surface area contributed by atoms with Gasteiger partial charge in [0.25, 0.3) is 0 Å². The van der Waals surface area contributed by atoms with Gasteiger partial charge in [-0.25, -0.2) is 0 Å². The van der Waals surface area contributed by atoms with Crippen molar-refractivity contribution in [2.24, 2.45) is 0 Å². The molecule has 0 fully saturated rings. The molecule has 0 atom stereocenters. The fourth-order valence-corrected chi connectivity index (χ4v) is 3.86. The van der Waals surface area contributed by atoms with Crippen molar-refractivity contribution in [1.29, 1.82) is 0 Å². The Morgan fingerprint density at radius 3 is 2.65 bits per heavy atom. The van der Waals surface area contributed by atoms with E-state index in [-0.39, 0.29) is 0 Å². The predicted molar refractivity (Wildman–Crippen MR) is 85.4 cm³/mol. The largest absolute Gasteiger partial charge is 0.219 e. The van der Waals surface area contributed by atoms with Crippen LogP contribution < -0.4 is 4.58 Å². The lowest BCUT2D eigenvalue weighted by atomic mass is 9.95. The zero-order valence-electron chi connectivity index (χ0n) is 11.2. The van der Waals surface area contributed by atoms with E-state index in [9.17, 15) is 0 Å². The van der Waals surface area contributed by atoms with Crippen LogP contribution in [0.1, 0.15) is 11.1 Å². The SMILES string of the molecule is C=[N+]1c2ccccc2-c2c1cc1c3c(cccc23)CC1. The molecule has 3 aromatic rings. The van der Waals surface area contributed by atoms with Crippen LogP contribution in [0, 0.1) is 0 Å². The van der Waals surface area contributed by atoms with Crippen molar-refractivity contribution in [2.75, 3.05) is 0 Å². The summed E-state index contributed by atoms with van der Waals surface area (Å²) in [7, 11) is 0. The second-order valence-corrected chi connectivity index (χ2v) is 5.71. The van der Waals surface area contributed by atoms with Crippen LogP contribution in [0.5, 0.6) is 0 Å². The summed E-state index contributed by atoms with van der Waals surface area (Å²) in [5.74, 6) is 0. The van der Waals surface area contributed by atoms with E-state index in [1.54, 1.807) is 0 Å². The van der Waals surface area contributed by atoms with E-state index in [1.165, 1.54) is 50.8 Å². The third-order valence-electron chi connectivity index (χ3n) is 4.73. The van der Waals surface area contributed by atoms with E-state index in [0.29, 0.717) is 0 Å². The summed E-state index contributed by atoms with van der Waals surface area (Å²) in [6.07, 6.45) is 2.33. The fraction of sp³-hybridized carbons (Fsp3) is 0.105. The molecule has 0 radical (unpaired) electrons. The summed E-state index contributed by atoms with van der Waals surface area (Å²) in [4.78, 5) is 0. The number of benzene rings is 3. The molecular formula is C19H14N+. The highest BCUT2D eigenvalue weighted by molar-refractivity contribution is 6.11. The van der Waals surface area contributed by atoms with Gasteiger partial charge in [-0.05, 0) is 40.8 Å². The monoisotopic (exact) mass is 256 g/mol. The standard InChI is InChI=1S/C19H14N/c1-20-16-8-3-2-6-14(16)19-15-7-4-5-12-9-10-13(18(12)15)11-17(19)20/h2-8,11H,1,9-10H2/q+1. The molecule has 5 rings (SSSR count). The van der Waals surface area contributed by atoms with Crippen LogP contribution in [0.3, 0.4) is 0 Å². The first-order valence-corrected chi connectivity index (χ1v) is 7.12. The summed E-state index contributed by atoms with van der Waals surface area (Å²) < 4.78 is 2.09. The van der Waals surface area contributed by atoms with Crippen LogP contribution in [0.4, 0.5) is 11.4 Å². The third kappa shape index (κ3) is 1.07. The van der Waals surface area contributed by atoms with Gasteiger partial charge >= 0.3 is 0 Å². The first kappa shape index (κ1) is 10.4. The van der Waals surface area contributed by atoms with Gasteiger partial charge in [0, 0.05) is 12.1 Å². The summed E-state index contributed by atoms with van der Waals surface area (Å²) in [5, 5.41) is 2.88. The van der Waals surface area contributed by atoms with Crippen molar-refractivity contribution in [3.8, 4) is 11.1 Å². The second kappa shape index (κ2) is 3.37. The molecule has 0 unspecified atom stereocenters. The Kier molecular flexibility index (Phi) is 1.75. The van der Waals surface area contributed by atoms with Gasteiger partial charge in [-0.2, -0.15) is 4.58 Å². The first-order valence-electron chi connectivity index (χ1n) is 7.12. The average molecular weight is 256 g/mol. The van der Waals surface area contributed by atoms with E-state index in [1.807, 2.05) is 0 Å². The lowest BCUT2D eigenvalue weighted by Gasteiger charge is -2.05. The Morgan fingerprint density at radius 2 is 1.70 bits per heavy atom.